The molecule has 0 aromatic heterocycles. The van der Waals surface area contributed by atoms with Gasteiger partial charge >= 0.3 is 0 Å². The summed E-state index contributed by atoms with van der Waals surface area (Å²) in [5, 5.41) is 3.26. The van der Waals surface area contributed by atoms with Gasteiger partial charge in [0.25, 0.3) is 0 Å². The van der Waals surface area contributed by atoms with Gasteiger partial charge in [0.15, 0.2) is 0 Å². The van der Waals surface area contributed by atoms with Crippen LogP contribution in [0.2, 0.25) is 0 Å². The van der Waals surface area contributed by atoms with Gasteiger partial charge in [-0.05, 0) is 32.5 Å². The van der Waals surface area contributed by atoms with Gasteiger partial charge in [0.2, 0.25) is 0 Å². The van der Waals surface area contributed by atoms with Crippen molar-refractivity contribution in [3.05, 3.63) is 0 Å². The molecule has 1 saturated heterocycles. The van der Waals surface area contributed by atoms with E-state index in [1.54, 1.807) is 0 Å². The molecule has 0 bridgehead atoms. The molecule has 0 aromatic carbocycles. The van der Waals surface area contributed by atoms with Crippen molar-refractivity contribution in [1.29, 1.82) is 0 Å². The van der Waals surface area contributed by atoms with Crippen LogP contribution in [0.3, 0.4) is 0 Å². The van der Waals surface area contributed by atoms with Gasteiger partial charge < -0.3 is 10.2 Å². The Morgan fingerprint density at radius 1 is 1.40 bits per heavy atom. The number of nitrogens with zero attached hydrogens (tertiary/aromatic N) is 1. The zero-order chi connectivity index (χ0) is 11.3. The molecule has 1 N–H and O–H groups in total. The van der Waals surface area contributed by atoms with Crippen molar-refractivity contribution in [3.8, 4) is 0 Å². The highest BCUT2D eigenvalue weighted by Gasteiger charge is 2.23. The van der Waals surface area contributed by atoms with E-state index in [9.17, 15) is 0 Å². The lowest BCUT2D eigenvalue weighted by molar-refractivity contribution is 0.245. The first kappa shape index (κ1) is 13.3. The Hall–Kier alpha value is 0.270. The summed E-state index contributed by atoms with van der Waals surface area (Å²) in [5.74, 6) is 2.06. The summed E-state index contributed by atoms with van der Waals surface area (Å²) in [7, 11) is 2.04. The summed E-state index contributed by atoms with van der Waals surface area (Å²) in [5.41, 5.74) is 0. The number of hydrogen-bond acceptors (Lipinski definition) is 3. The van der Waals surface area contributed by atoms with Gasteiger partial charge in [0.05, 0.1) is 0 Å². The third-order valence-corrected chi connectivity index (χ3v) is 4.43. The van der Waals surface area contributed by atoms with Crippen molar-refractivity contribution < 1.29 is 0 Å². The molecular weight excluding hydrogens is 204 g/mol. The third-order valence-electron chi connectivity index (χ3n) is 3.05. The van der Waals surface area contributed by atoms with E-state index in [0.29, 0.717) is 4.75 Å². The number of thioether (sulfide) groups is 1. The third kappa shape index (κ3) is 5.23. The maximum atomic E-state index is 3.26. The highest BCUT2D eigenvalue weighted by Crippen LogP contribution is 2.30. The SMILES string of the molecule is CNCC(C)CN1CCSC(C)(C)CC1. The van der Waals surface area contributed by atoms with Crippen molar-refractivity contribution in [1.82, 2.24) is 10.2 Å². The first-order chi connectivity index (χ1) is 7.03. The molecule has 1 heterocycles. The summed E-state index contributed by atoms with van der Waals surface area (Å²) in [6.07, 6.45) is 1.32. The minimum atomic E-state index is 0.487. The molecule has 0 amide bonds. The van der Waals surface area contributed by atoms with Crippen LogP contribution >= 0.6 is 11.8 Å². The molecule has 1 unspecified atom stereocenters. The van der Waals surface area contributed by atoms with E-state index in [1.165, 1.54) is 31.8 Å². The van der Waals surface area contributed by atoms with Gasteiger partial charge in [-0.25, -0.2) is 0 Å². The van der Waals surface area contributed by atoms with E-state index >= 15 is 0 Å². The van der Waals surface area contributed by atoms with Crippen LogP contribution in [0.4, 0.5) is 0 Å². The largest absolute Gasteiger partial charge is 0.319 e. The van der Waals surface area contributed by atoms with E-state index in [0.717, 1.165) is 12.5 Å². The van der Waals surface area contributed by atoms with Crippen LogP contribution in [-0.2, 0) is 0 Å². The molecule has 2 nitrogen and oxygen atoms in total. The second-order valence-corrected chi connectivity index (χ2v) is 7.12. The van der Waals surface area contributed by atoms with Gasteiger partial charge in [0, 0.05) is 23.6 Å². The van der Waals surface area contributed by atoms with Crippen molar-refractivity contribution >= 4 is 11.8 Å². The monoisotopic (exact) mass is 230 g/mol. The molecule has 1 aliphatic rings. The predicted molar refractivity (Wildman–Crippen MR) is 70.7 cm³/mol. The van der Waals surface area contributed by atoms with Gasteiger partial charge in [-0.1, -0.05) is 20.8 Å². The quantitative estimate of drug-likeness (QED) is 0.796. The second-order valence-electron chi connectivity index (χ2n) is 5.32. The van der Waals surface area contributed by atoms with Gasteiger partial charge in [0.1, 0.15) is 0 Å². The number of hydrogen-bond donors (Lipinski definition) is 1. The van der Waals surface area contributed by atoms with Crippen molar-refractivity contribution in [2.45, 2.75) is 31.9 Å². The molecule has 0 spiro atoms. The van der Waals surface area contributed by atoms with Crippen molar-refractivity contribution in [2.24, 2.45) is 5.92 Å². The Bertz CT molecular complexity index is 182. The average molecular weight is 230 g/mol. The summed E-state index contributed by atoms with van der Waals surface area (Å²) in [4.78, 5) is 2.63. The zero-order valence-corrected chi connectivity index (χ0v) is 11.5. The maximum Gasteiger partial charge on any atom is 0.0116 e. The Morgan fingerprint density at radius 2 is 2.13 bits per heavy atom. The lowest BCUT2D eigenvalue weighted by atomic mass is 10.1. The lowest BCUT2D eigenvalue weighted by Crippen LogP contribution is -2.34. The first-order valence-corrected chi connectivity index (χ1v) is 7.03. The number of nitrogens with one attached hydrogen (secondary N) is 1. The fraction of sp³-hybridized carbons (Fsp3) is 1.00. The minimum absolute atomic E-state index is 0.487. The Morgan fingerprint density at radius 3 is 2.80 bits per heavy atom. The standard InChI is InChI=1S/C12H26N2S/c1-11(9-13-4)10-14-6-5-12(2,3)15-8-7-14/h11,13H,5-10H2,1-4H3. The molecule has 90 valence electrons. The summed E-state index contributed by atoms with van der Waals surface area (Å²) in [6.45, 7) is 12.0. The minimum Gasteiger partial charge on any atom is -0.319 e. The fourth-order valence-electron chi connectivity index (χ4n) is 2.10. The van der Waals surface area contributed by atoms with Crippen molar-refractivity contribution in [3.63, 3.8) is 0 Å². The van der Waals surface area contributed by atoms with Crippen LogP contribution in [0.15, 0.2) is 0 Å². The first-order valence-electron chi connectivity index (χ1n) is 6.04. The van der Waals surface area contributed by atoms with Crippen LogP contribution in [0, 0.1) is 5.92 Å². The Labute approximate surface area is 99.2 Å². The smallest absolute Gasteiger partial charge is 0.0116 e. The molecule has 1 atom stereocenters. The highest BCUT2D eigenvalue weighted by atomic mass is 32.2. The molecule has 15 heavy (non-hydrogen) atoms. The molecule has 0 saturated carbocycles. The summed E-state index contributed by atoms with van der Waals surface area (Å²) < 4.78 is 0.487. The van der Waals surface area contributed by atoms with Crippen molar-refractivity contribution in [2.75, 3.05) is 39.0 Å². The van der Waals surface area contributed by atoms with Gasteiger partial charge in [-0.3, -0.25) is 0 Å². The molecule has 0 radical (unpaired) electrons. The van der Waals surface area contributed by atoms with Crippen LogP contribution < -0.4 is 5.32 Å². The van der Waals surface area contributed by atoms with E-state index in [2.05, 4.69) is 42.7 Å². The van der Waals surface area contributed by atoms with Crippen LogP contribution in [0.25, 0.3) is 0 Å². The average Bonchev–Trinajstić information content (AvgIpc) is 2.28. The molecule has 0 aliphatic carbocycles. The van der Waals surface area contributed by atoms with Crippen LogP contribution in [0.1, 0.15) is 27.2 Å². The summed E-state index contributed by atoms with van der Waals surface area (Å²) >= 11 is 2.13. The van der Waals surface area contributed by atoms with Crippen LogP contribution in [-0.4, -0.2) is 48.6 Å². The van der Waals surface area contributed by atoms with Gasteiger partial charge in [-0.15, -0.1) is 0 Å². The van der Waals surface area contributed by atoms with E-state index < -0.39 is 0 Å². The van der Waals surface area contributed by atoms with Gasteiger partial charge in [-0.2, -0.15) is 11.8 Å². The highest BCUT2D eigenvalue weighted by molar-refractivity contribution is 8.00. The topological polar surface area (TPSA) is 15.3 Å². The zero-order valence-electron chi connectivity index (χ0n) is 10.7. The maximum absolute atomic E-state index is 3.26. The Balaban J connectivity index is 2.31. The van der Waals surface area contributed by atoms with E-state index in [1.807, 2.05) is 7.05 Å². The van der Waals surface area contributed by atoms with E-state index in [-0.39, 0.29) is 0 Å². The van der Waals surface area contributed by atoms with Crippen LogP contribution in [0.5, 0.6) is 0 Å². The molecule has 3 heteroatoms. The fourth-order valence-corrected chi connectivity index (χ4v) is 3.24. The molecule has 1 rings (SSSR count). The molecule has 1 fully saturated rings. The normalized spacial score (nSPS) is 24.8. The van der Waals surface area contributed by atoms with E-state index in [4.69, 9.17) is 0 Å². The molecular formula is C12H26N2S. The molecule has 1 aliphatic heterocycles. The second kappa shape index (κ2) is 6.12. The Kier molecular flexibility index (Phi) is 5.44. The summed E-state index contributed by atoms with van der Waals surface area (Å²) in [6, 6.07) is 0. The molecule has 0 aromatic rings. The lowest BCUT2D eigenvalue weighted by Gasteiger charge is -2.25. The predicted octanol–water partition coefficient (Wildman–Crippen LogP) is 2.06. The number of rotatable bonds is 4.